The fourth-order valence-corrected chi connectivity index (χ4v) is 1.21. The molecule has 0 radical (unpaired) electrons. The maximum absolute atomic E-state index is 11.3. The Morgan fingerprint density at radius 3 is 2.88 bits per heavy atom. The predicted molar refractivity (Wildman–Crippen MR) is 57.1 cm³/mol. The first kappa shape index (κ1) is 12.5. The molecule has 1 amide bonds. The van der Waals surface area contributed by atoms with Crippen molar-refractivity contribution in [1.29, 1.82) is 0 Å². The van der Waals surface area contributed by atoms with Crippen LogP contribution in [0.1, 0.15) is 13.3 Å². The van der Waals surface area contributed by atoms with Gasteiger partial charge in [-0.3, -0.25) is 14.3 Å². The van der Waals surface area contributed by atoms with Crippen LogP contribution in [0.4, 0.5) is 0 Å². The molecule has 0 aliphatic rings. The lowest BCUT2D eigenvalue weighted by atomic mass is 10.3. The van der Waals surface area contributed by atoms with Crippen molar-refractivity contribution in [2.24, 2.45) is 0 Å². The van der Waals surface area contributed by atoms with Crippen molar-refractivity contribution in [3.63, 3.8) is 0 Å². The summed E-state index contributed by atoms with van der Waals surface area (Å²) in [6.07, 6.45) is 3.23. The first-order valence-electron chi connectivity index (χ1n) is 4.69. The molecule has 1 rings (SSSR count). The van der Waals surface area contributed by atoms with Crippen LogP contribution >= 0.6 is 11.6 Å². The van der Waals surface area contributed by atoms with Crippen molar-refractivity contribution in [3.8, 4) is 0 Å². The molecule has 0 unspecified atom stereocenters. The Labute approximate surface area is 97.2 Å². The summed E-state index contributed by atoms with van der Waals surface area (Å²) in [6.45, 7) is 1.77. The number of halogens is 1. The molecule has 0 aromatic carbocycles. The molecule has 0 aliphatic carbocycles. The van der Waals surface area contributed by atoms with Crippen molar-refractivity contribution in [3.05, 3.63) is 17.4 Å². The van der Waals surface area contributed by atoms with Crippen molar-refractivity contribution in [1.82, 2.24) is 15.1 Å². The van der Waals surface area contributed by atoms with Gasteiger partial charge in [-0.2, -0.15) is 5.10 Å². The minimum atomic E-state index is -1.06. The Kier molecular flexibility index (Phi) is 4.30. The number of carboxylic acids is 1. The predicted octanol–water partition coefficient (Wildman–Crippen LogP) is 0.516. The zero-order chi connectivity index (χ0) is 12.1. The Balaban J connectivity index is 2.33. The third kappa shape index (κ3) is 3.90. The minimum absolute atomic E-state index is 0.162. The minimum Gasteiger partial charge on any atom is -0.480 e. The second kappa shape index (κ2) is 5.50. The summed E-state index contributed by atoms with van der Waals surface area (Å²) >= 11 is 5.64. The molecule has 7 heteroatoms. The lowest BCUT2D eigenvalue weighted by Crippen LogP contribution is -2.38. The number of carboxylic acid groups (broad SMARTS) is 1. The number of carbonyl (C=O) groups excluding carboxylic acids is 1. The standard InChI is InChI=1S/C9H12ClN3O3/c1-6(9(15)16)12-8(14)2-3-13-5-7(10)4-11-13/h4-6H,2-3H2,1H3,(H,12,14)(H,15,16)/t6-/m0/s1. The van der Waals surface area contributed by atoms with Crippen LogP contribution in [0.3, 0.4) is 0 Å². The summed E-state index contributed by atoms with van der Waals surface area (Å²) < 4.78 is 1.52. The first-order valence-corrected chi connectivity index (χ1v) is 5.07. The molecule has 0 fully saturated rings. The number of aliphatic carboxylic acids is 1. The van der Waals surface area contributed by atoms with Crippen LogP contribution in [-0.2, 0) is 16.1 Å². The average molecular weight is 246 g/mol. The third-order valence-electron chi connectivity index (χ3n) is 1.92. The van der Waals surface area contributed by atoms with Gasteiger partial charge in [-0.1, -0.05) is 11.6 Å². The summed E-state index contributed by atoms with van der Waals surface area (Å²) in [5.74, 6) is -1.39. The monoisotopic (exact) mass is 245 g/mol. The molecule has 1 atom stereocenters. The van der Waals surface area contributed by atoms with E-state index in [9.17, 15) is 9.59 Å². The van der Waals surface area contributed by atoms with Gasteiger partial charge in [-0.15, -0.1) is 0 Å². The second-order valence-corrected chi connectivity index (χ2v) is 3.74. The number of hydrogen-bond acceptors (Lipinski definition) is 3. The smallest absolute Gasteiger partial charge is 0.325 e. The number of nitrogens with one attached hydrogen (secondary N) is 1. The van der Waals surface area contributed by atoms with E-state index < -0.39 is 12.0 Å². The van der Waals surface area contributed by atoms with E-state index in [1.165, 1.54) is 17.8 Å². The fraction of sp³-hybridized carbons (Fsp3) is 0.444. The molecule has 1 aromatic heterocycles. The molecule has 0 saturated carbocycles. The van der Waals surface area contributed by atoms with Crippen molar-refractivity contribution < 1.29 is 14.7 Å². The van der Waals surface area contributed by atoms with Crippen LogP contribution in [0.15, 0.2) is 12.4 Å². The highest BCUT2D eigenvalue weighted by Crippen LogP contribution is 2.04. The van der Waals surface area contributed by atoms with Crippen LogP contribution in [0.2, 0.25) is 5.02 Å². The van der Waals surface area contributed by atoms with E-state index in [2.05, 4.69) is 10.4 Å². The maximum atomic E-state index is 11.3. The van der Waals surface area contributed by atoms with Crippen molar-refractivity contribution >= 4 is 23.5 Å². The van der Waals surface area contributed by atoms with E-state index in [0.717, 1.165) is 0 Å². The lowest BCUT2D eigenvalue weighted by molar-refractivity contribution is -0.141. The second-order valence-electron chi connectivity index (χ2n) is 3.30. The number of carbonyl (C=O) groups is 2. The molecule has 0 bridgehead atoms. The maximum Gasteiger partial charge on any atom is 0.325 e. The Bertz CT molecular complexity index is 391. The molecule has 88 valence electrons. The highest BCUT2D eigenvalue weighted by atomic mass is 35.5. The van der Waals surface area contributed by atoms with Gasteiger partial charge in [0, 0.05) is 19.2 Å². The van der Waals surface area contributed by atoms with Gasteiger partial charge < -0.3 is 10.4 Å². The number of aromatic nitrogens is 2. The zero-order valence-corrected chi connectivity index (χ0v) is 9.44. The largest absolute Gasteiger partial charge is 0.480 e. The van der Waals surface area contributed by atoms with Crippen molar-refractivity contribution in [2.75, 3.05) is 0 Å². The fourth-order valence-electron chi connectivity index (χ4n) is 1.05. The van der Waals surface area contributed by atoms with Gasteiger partial charge in [-0.25, -0.2) is 0 Å². The summed E-state index contributed by atoms with van der Waals surface area (Å²) in [5.41, 5.74) is 0. The third-order valence-corrected chi connectivity index (χ3v) is 2.11. The zero-order valence-electron chi connectivity index (χ0n) is 8.68. The van der Waals surface area contributed by atoms with Crippen molar-refractivity contribution in [2.45, 2.75) is 25.9 Å². The van der Waals surface area contributed by atoms with Crippen LogP contribution in [0.5, 0.6) is 0 Å². The lowest BCUT2D eigenvalue weighted by Gasteiger charge is -2.08. The first-order chi connectivity index (χ1) is 7.49. The molecule has 1 heterocycles. The van der Waals surface area contributed by atoms with Gasteiger partial charge in [0.1, 0.15) is 6.04 Å². The summed E-state index contributed by atoms with van der Waals surface area (Å²) in [4.78, 5) is 21.8. The van der Waals surface area contributed by atoms with Gasteiger partial charge in [0.25, 0.3) is 0 Å². The van der Waals surface area contributed by atoms with Gasteiger partial charge >= 0.3 is 5.97 Å². The number of amides is 1. The van der Waals surface area contributed by atoms with Crippen LogP contribution < -0.4 is 5.32 Å². The molecule has 1 aromatic rings. The highest BCUT2D eigenvalue weighted by molar-refractivity contribution is 6.30. The summed E-state index contributed by atoms with van der Waals surface area (Å²) in [5, 5.41) is 15.3. The number of nitrogens with zero attached hydrogens (tertiary/aromatic N) is 2. The Morgan fingerprint density at radius 2 is 2.38 bits per heavy atom. The van der Waals surface area contributed by atoms with Gasteiger partial charge in [0.2, 0.25) is 5.91 Å². The SMILES string of the molecule is C[C@H](NC(=O)CCn1cc(Cl)cn1)C(=O)O. The van der Waals surface area contributed by atoms with Crippen LogP contribution in [0, 0.1) is 0 Å². The van der Waals surface area contributed by atoms with Gasteiger partial charge in [-0.05, 0) is 6.92 Å². The van der Waals surface area contributed by atoms with E-state index in [1.54, 1.807) is 6.20 Å². The molecule has 16 heavy (non-hydrogen) atoms. The van der Waals surface area contributed by atoms with E-state index >= 15 is 0 Å². The molecule has 0 saturated heterocycles. The average Bonchev–Trinajstić information content (AvgIpc) is 2.61. The summed E-state index contributed by atoms with van der Waals surface area (Å²) in [6, 6.07) is -0.881. The number of rotatable bonds is 5. The van der Waals surface area contributed by atoms with Gasteiger partial charge in [0.05, 0.1) is 11.2 Å². The topological polar surface area (TPSA) is 84.2 Å². The van der Waals surface area contributed by atoms with E-state index in [4.69, 9.17) is 16.7 Å². The molecular formula is C9H12ClN3O3. The Morgan fingerprint density at radius 1 is 1.69 bits per heavy atom. The molecular weight excluding hydrogens is 234 g/mol. The van der Waals surface area contributed by atoms with Crippen LogP contribution in [-0.4, -0.2) is 32.8 Å². The van der Waals surface area contributed by atoms with Gasteiger partial charge in [0.15, 0.2) is 0 Å². The molecule has 2 N–H and O–H groups in total. The number of hydrogen-bond donors (Lipinski definition) is 2. The molecule has 6 nitrogen and oxygen atoms in total. The van der Waals surface area contributed by atoms with E-state index in [1.807, 2.05) is 0 Å². The summed E-state index contributed by atoms with van der Waals surface area (Å²) in [7, 11) is 0. The van der Waals surface area contributed by atoms with Crippen LogP contribution in [0.25, 0.3) is 0 Å². The van der Waals surface area contributed by atoms with E-state index in [0.29, 0.717) is 11.6 Å². The normalized spacial score (nSPS) is 12.1. The number of aryl methyl sites for hydroxylation is 1. The van der Waals surface area contributed by atoms with E-state index in [-0.39, 0.29) is 12.3 Å². The molecule has 0 spiro atoms. The molecule has 0 aliphatic heterocycles. The highest BCUT2D eigenvalue weighted by Gasteiger charge is 2.13. The quantitative estimate of drug-likeness (QED) is 0.792. The Hall–Kier alpha value is -1.56.